The van der Waals surface area contributed by atoms with E-state index in [1.54, 1.807) is 0 Å². The first-order valence-corrected chi connectivity index (χ1v) is 6.59. The van der Waals surface area contributed by atoms with Gasteiger partial charge in [0.2, 0.25) is 0 Å². The maximum atomic E-state index is 4.80. The maximum absolute atomic E-state index is 4.80. The molecule has 0 atom stereocenters. The number of imidazole rings is 1. The maximum Gasteiger partial charge on any atom is 0.140 e. The second-order valence-electron chi connectivity index (χ2n) is 5.32. The van der Waals surface area contributed by atoms with Crippen molar-refractivity contribution in [2.75, 3.05) is 0 Å². The molecule has 0 bridgehead atoms. The molecule has 2 heteroatoms. The Labute approximate surface area is 113 Å². The summed E-state index contributed by atoms with van der Waals surface area (Å²) >= 11 is 0. The summed E-state index contributed by atoms with van der Waals surface area (Å²) in [5, 5.41) is 0. The molecule has 0 aliphatic carbocycles. The Morgan fingerprint density at radius 1 is 0.947 bits per heavy atom. The first kappa shape index (κ1) is 12.0. The van der Waals surface area contributed by atoms with Gasteiger partial charge in [0, 0.05) is 18.0 Å². The van der Waals surface area contributed by atoms with Gasteiger partial charge in [0.15, 0.2) is 0 Å². The summed E-state index contributed by atoms with van der Waals surface area (Å²) in [6, 6.07) is 8.60. The van der Waals surface area contributed by atoms with E-state index < -0.39 is 0 Å². The van der Waals surface area contributed by atoms with Crippen LogP contribution in [0.3, 0.4) is 0 Å². The second kappa shape index (κ2) is 4.23. The summed E-state index contributed by atoms with van der Waals surface area (Å²) < 4.78 is 2.10. The third-order valence-electron chi connectivity index (χ3n) is 3.61. The Hall–Kier alpha value is -2.09. The number of hydrogen-bond acceptors (Lipinski definition) is 1. The molecule has 0 amide bonds. The highest BCUT2D eigenvalue weighted by molar-refractivity contribution is 5.70. The molecule has 0 radical (unpaired) electrons. The van der Waals surface area contributed by atoms with Crippen LogP contribution in [-0.2, 0) is 0 Å². The van der Waals surface area contributed by atoms with E-state index in [0.717, 1.165) is 11.3 Å². The van der Waals surface area contributed by atoms with Gasteiger partial charge in [0.1, 0.15) is 5.65 Å². The molecule has 0 spiro atoms. The number of benzene rings is 1. The van der Waals surface area contributed by atoms with E-state index in [1.165, 1.54) is 27.8 Å². The van der Waals surface area contributed by atoms with Gasteiger partial charge in [-0.3, -0.25) is 0 Å². The standard InChI is InChI=1S/C17H18N2/c1-11-8-13(3)16(14(4)9-11)15-10-19-7-5-6-12(2)17(19)18-15/h5-10H,1-4H3. The van der Waals surface area contributed by atoms with Crippen molar-refractivity contribution in [2.24, 2.45) is 0 Å². The summed E-state index contributed by atoms with van der Waals surface area (Å²) in [7, 11) is 0. The van der Waals surface area contributed by atoms with E-state index in [1.807, 2.05) is 0 Å². The number of aryl methyl sites for hydroxylation is 4. The predicted octanol–water partition coefficient (Wildman–Crippen LogP) is 4.23. The lowest BCUT2D eigenvalue weighted by Gasteiger charge is -2.08. The molecule has 19 heavy (non-hydrogen) atoms. The molecule has 0 aliphatic heterocycles. The molecule has 0 fully saturated rings. The minimum atomic E-state index is 1.04. The summed E-state index contributed by atoms with van der Waals surface area (Å²) in [6.07, 6.45) is 4.17. The van der Waals surface area contributed by atoms with Gasteiger partial charge in [-0.05, 0) is 50.5 Å². The minimum Gasteiger partial charge on any atom is -0.306 e. The van der Waals surface area contributed by atoms with Gasteiger partial charge in [-0.1, -0.05) is 23.8 Å². The van der Waals surface area contributed by atoms with Crippen LogP contribution in [-0.4, -0.2) is 9.38 Å². The second-order valence-corrected chi connectivity index (χ2v) is 5.32. The topological polar surface area (TPSA) is 17.3 Å². The van der Waals surface area contributed by atoms with Crippen molar-refractivity contribution in [2.45, 2.75) is 27.7 Å². The smallest absolute Gasteiger partial charge is 0.140 e. The molecule has 0 saturated carbocycles. The lowest BCUT2D eigenvalue weighted by atomic mass is 9.98. The first-order valence-electron chi connectivity index (χ1n) is 6.59. The van der Waals surface area contributed by atoms with Crippen molar-refractivity contribution in [3.63, 3.8) is 0 Å². The highest BCUT2D eigenvalue weighted by Gasteiger charge is 2.11. The fraction of sp³-hybridized carbons (Fsp3) is 0.235. The molecule has 1 aromatic carbocycles. The molecular weight excluding hydrogens is 232 g/mol. The highest BCUT2D eigenvalue weighted by atomic mass is 15.0. The van der Waals surface area contributed by atoms with Gasteiger partial charge >= 0.3 is 0 Å². The van der Waals surface area contributed by atoms with Crippen LogP contribution in [0.5, 0.6) is 0 Å². The molecule has 0 aliphatic rings. The zero-order chi connectivity index (χ0) is 13.6. The Balaban J connectivity index is 2.28. The lowest BCUT2D eigenvalue weighted by Crippen LogP contribution is -1.90. The highest BCUT2D eigenvalue weighted by Crippen LogP contribution is 2.28. The van der Waals surface area contributed by atoms with E-state index in [4.69, 9.17) is 4.98 Å². The fourth-order valence-electron chi connectivity index (χ4n) is 2.86. The normalized spacial score (nSPS) is 11.2. The zero-order valence-electron chi connectivity index (χ0n) is 11.9. The molecule has 0 N–H and O–H groups in total. The van der Waals surface area contributed by atoms with Crippen LogP contribution in [0, 0.1) is 27.7 Å². The Morgan fingerprint density at radius 2 is 1.63 bits per heavy atom. The average Bonchev–Trinajstić information content (AvgIpc) is 2.72. The lowest BCUT2D eigenvalue weighted by molar-refractivity contribution is 1.16. The quantitative estimate of drug-likeness (QED) is 0.631. The van der Waals surface area contributed by atoms with Crippen LogP contribution in [0.15, 0.2) is 36.7 Å². The zero-order valence-corrected chi connectivity index (χ0v) is 11.9. The summed E-state index contributed by atoms with van der Waals surface area (Å²) in [5.74, 6) is 0. The summed E-state index contributed by atoms with van der Waals surface area (Å²) in [4.78, 5) is 4.80. The van der Waals surface area contributed by atoms with Crippen LogP contribution in [0.25, 0.3) is 16.9 Å². The van der Waals surface area contributed by atoms with Crippen molar-refractivity contribution < 1.29 is 0 Å². The van der Waals surface area contributed by atoms with Gasteiger partial charge in [0.25, 0.3) is 0 Å². The van der Waals surface area contributed by atoms with E-state index in [2.05, 4.69) is 68.8 Å². The number of aromatic nitrogens is 2. The van der Waals surface area contributed by atoms with E-state index in [-0.39, 0.29) is 0 Å². The van der Waals surface area contributed by atoms with Crippen LogP contribution in [0.1, 0.15) is 22.3 Å². The number of nitrogens with zero attached hydrogens (tertiary/aromatic N) is 2. The molecular formula is C17H18N2. The third-order valence-corrected chi connectivity index (χ3v) is 3.61. The van der Waals surface area contributed by atoms with Crippen molar-refractivity contribution in [3.05, 3.63) is 58.9 Å². The van der Waals surface area contributed by atoms with Crippen LogP contribution in [0.4, 0.5) is 0 Å². The van der Waals surface area contributed by atoms with Crippen LogP contribution < -0.4 is 0 Å². The SMILES string of the molecule is Cc1cc(C)c(-c2cn3cccc(C)c3n2)c(C)c1. The molecule has 2 aromatic heterocycles. The van der Waals surface area contributed by atoms with Crippen LogP contribution in [0.2, 0.25) is 0 Å². The van der Waals surface area contributed by atoms with Gasteiger partial charge in [-0.15, -0.1) is 0 Å². The minimum absolute atomic E-state index is 1.04. The monoisotopic (exact) mass is 250 g/mol. The third kappa shape index (κ3) is 1.93. The first-order chi connectivity index (χ1) is 9.06. The summed E-state index contributed by atoms with van der Waals surface area (Å²) in [5.41, 5.74) is 8.45. The molecule has 3 rings (SSSR count). The van der Waals surface area contributed by atoms with Crippen molar-refractivity contribution in [3.8, 4) is 11.3 Å². The number of pyridine rings is 1. The van der Waals surface area contributed by atoms with Crippen molar-refractivity contribution >= 4 is 5.65 Å². The number of fused-ring (bicyclic) bond motifs is 1. The fourth-order valence-corrected chi connectivity index (χ4v) is 2.86. The van der Waals surface area contributed by atoms with Crippen LogP contribution >= 0.6 is 0 Å². The molecule has 2 heterocycles. The van der Waals surface area contributed by atoms with Gasteiger partial charge < -0.3 is 4.40 Å². The van der Waals surface area contributed by atoms with E-state index in [9.17, 15) is 0 Å². The van der Waals surface area contributed by atoms with E-state index >= 15 is 0 Å². The van der Waals surface area contributed by atoms with E-state index in [0.29, 0.717) is 0 Å². The number of rotatable bonds is 1. The molecule has 0 saturated heterocycles. The van der Waals surface area contributed by atoms with Crippen molar-refractivity contribution in [1.29, 1.82) is 0 Å². The Bertz CT molecular complexity index is 743. The number of hydrogen-bond donors (Lipinski definition) is 0. The van der Waals surface area contributed by atoms with Crippen molar-refractivity contribution in [1.82, 2.24) is 9.38 Å². The Morgan fingerprint density at radius 3 is 2.26 bits per heavy atom. The van der Waals surface area contributed by atoms with Gasteiger partial charge in [-0.2, -0.15) is 0 Å². The predicted molar refractivity (Wildman–Crippen MR) is 79.6 cm³/mol. The largest absolute Gasteiger partial charge is 0.306 e. The average molecular weight is 250 g/mol. The Kier molecular flexibility index (Phi) is 2.67. The molecule has 2 nitrogen and oxygen atoms in total. The van der Waals surface area contributed by atoms with Gasteiger partial charge in [-0.25, -0.2) is 4.98 Å². The van der Waals surface area contributed by atoms with Gasteiger partial charge in [0.05, 0.1) is 5.69 Å². The molecule has 0 unspecified atom stereocenters. The molecule has 96 valence electrons. The molecule has 3 aromatic rings. The summed E-state index contributed by atoms with van der Waals surface area (Å²) in [6.45, 7) is 8.55.